The highest BCUT2D eigenvalue weighted by atomic mass is 35.5. The van der Waals surface area contributed by atoms with E-state index in [9.17, 15) is 4.79 Å². The Morgan fingerprint density at radius 2 is 1.73 bits per heavy atom. The van der Waals surface area contributed by atoms with E-state index in [1.54, 1.807) is 0 Å². The number of unbranched alkanes of at least 4 members (excludes halogenated alkanes) is 1. The van der Waals surface area contributed by atoms with E-state index in [-0.39, 0.29) is 24.4 Å². The van der Waals surface area contributed by atoms with Crippen molar-refractivity contribution in [3.05, 3.63) is 65.7 Å². The van der Waals surface area contributed by atoms with Gasteiger partial charge in [-0.25, -0.2) is 0 Å². The Bertz CT molecular complexity index is 761. The fraction of sp³-hybridized carbons (Fsp3) is 0.333. The molecule has 1 amide bonds. The molecule has 2 aromatic carbocycles. The fourth-order valence-electron chi connectivity index (χ4n) is 3.29. The van der Waals surface area contributed by atoms with E-state index in [0.29, 0.717) is 19.5 Å². The van der Waals surface area contributed by atoms with Gasteiger partial charge in [-0.05, 0) is 37.9 Å². The first kappa shape index (κ1) is 20.1. The van der Waals surface area contributed by atoms with Crippen molar-refractivity contribution in [1.29, 1.82) is 0 Å². The van der Waals surface area contributed by atoms with Crippen LogP contribution < -0.4 is 10.6 Å². The number of benzodiazepines with no additional fused rings is 1. The van der Waals surface area contributed by atoms with Crippen LogP contribution >= 0.6 is 12.4 Å². The Kier molecular flexibility index (Phi) is 7.37. The number of carbonyl (C=O) groups is 1. The topological polar surface area (TPSA) is 58.7 Å². The number of hydrogen-bond donors (Lipinski definition) is 1. The monoisotopic (exact) mass is 371 g/mol. The summed E-state index contributed by atoms with van der Waals surface area (Å²) >= 11 is 0. The van der Waals surface area contributed by atoms with E-state index >= 15 is 0 Å². The lowest BCUT2D eigenvalue weighted by molar-refractivity contribution is -0.119. The van der Waals surface area contributed by atoms with Crippen molar-refractivity contribution in [1.82, 2.24) is 0 Å². The van der Waals surface area contributed by atoms with Crippen molar-refractivity contribution in [3.8, 4) is 0 Å². The molecule has 1 heterocycles. The van der Waals surface area contributed by atoms with E-state index < -0.39 is 0 Å². The van der Waals surface area contributed by atoms with Gasteiger partial charge >= 0.3 is 0 Å². The number of hydrogen-bond acceptors (Lipinski definition) is 3. The molecule has 0 aromatic heterocycles. The van der Waals surface area contributed by atoms with Gasteiger partial charge < -0.3 is 10.6 Å². The van der Waals surface area contributed by atoms with Crippen molar-refractivity contribution in [2.24, 2.45) is 10.7 Å². The quantitative estimate of drug-likeness (QED) is 0.788. The van der Waals surface area contributed by atoms with Gasteiger partial charge in [0.25, 0.3) is 5.91 Å². The lowest BCUT2D eigenvalue weighted by Crippen LogP contribution is -2.39. The SMILES string of the molecule is CC1=NC(Cc2ccccc2)C(=O)N(CCCCN)c2ccccc21.Cl. The minimum absolute atomic E-state index is 0. The lowest BCUT2D eigenvalue weighted by Gasteiger charge is -2.25. The third-order valence-electron chi connectivity index (χ3n) is 4.59. The summed E-state index contributed by atoms with van der Waals surface area (Å²) in [5.41, 5.74) is 9.68. The molecule has 1 aliphatic heterocycles. The lowest BCUT2D eigenvalue weighted by atomic mass is 10.0. The Morgan fingerprint density at radius 1 is 1.04 bits per heavy atom. The summed E-state index contributed by atoms with van der Waals surface area (Å²) in [4.78, 5) is 19.9. The average molecular weight is 372 g/mol. The summed E-state index contributed by atoms with van der Waals surface area (Å²) in [6.07, 6.45) is 2.43. The summed E-state index contributed by atoms with van der Waals surface area (Å²) in [5, 5.41) is 0. The third kappa shape index (κ3) is 4.51. The molecule has 1 aliphatic rings. The number of nitrogens with two attached hydrogens (primary N) is 1. The second-order valence-electron chi connectivity index (χ2n) is 6.42. The highest BCUT2D eigenvalue weighted by Gasteiger charge is 2.30. The normalized spacial score (nSPS) is 16.4. The van der Waals surface area contributed by atoms with Crippen LogP contribution in [0, 0.1) is 0 Å². The van der Waals surface area contributed by atoms with Crippen molar-refractivity contribution in [2.75, 3.05) is 18.0 Å². The first-order valence-electron chi connectivity index (χ1n) is 8.90. The van der Waals surface area contributed by atoms with Gasteiger partial charge in [-0.15, -0.1) is 12.4 Å². The molecule has 26 heavy (non-hydrogen) atoms. The maximum atomic E-state index is 13.2. The highest BCUT2D eigenvalue weighted by molar-refractivity contribution is 6.11. The Labute approximate surface area is 161 Å². The van der Waals surface area contributed by atoms with Gasteiger partial charge in [0.15, 0.2) is 0 Å². The van der Waals surface area contributed by atoms with Crippen LogP contribution in [0.1, 0.15) is 30.9 Å². The van der Waals surface area contributed by atoms with E-state index in [0.717, 1.165) is 35.4 Å². The van der Waals surface area contributed by atoms with Crippen LogP contribution in [0.2, 0.25) is 0 Å². The van der Waals surface area contributed by atoms with E-state index in [4.69, 9.17) is 10.7 Å². The maximum absolute atomic E-state index is 13.2. The van der Waals surface area contributed by atoms with Gasteiger partial charge in [-0.3, -0.25) is 9.79 Å². The molecule has 2 aromatic rings. The largest absolute Gasteiger partial charge is 0.330 e. The smallest absolute Gasteiger partial charge is 0.252 e. The number of halogens is 1. The number of benzene rings is 2. The standard InChI is InChI=1S/C21H25N3O.ClH/c1-16-18-11-5-6-12-20(18)24(14-8-7-13-22)21(25)19(23-16)15-17-9-3-2-4-10-17;/h2-6,9-12,19H,7-8,13-15,22H2,1H3;1H. The van der Waals surface area contributed by atoms with Gasteiger partial charge in [-0.2, -0.15) is 0 Å². The molecular formula is C21H26ClN3O. The van der Waals surface area contributed by atoms with Crippen molar-refractivity contribution in [3.63, 3.8) is 0 Å². The minimum atomic E-state index is -0.382. The van der Waals surface area contributed by atoms with Gasteiger partial charge in [0.05, 0.1) is 5.69 Å². The van der Waals surface area contributed by atoms with Crippen LogP contribution in [0.5, 0.6) is 0 Å². The molecule has 0 spiro atoms. The number of anilines is 1. The molecule has 138 valence electrons. The maximum Gasteiger partial charge on any atom is 0.252 e. The van der Waals surface area contributed by atoms with Gasteiger partial charge in [-0.1, -0.05) is 48.5 Å². The highest BCUT2D eigenvalue weighted by Crippen LogP contribution is 2.27. The summed E-state index contributed by atoms with van der Waals surface area (Å²) < 4.78 is 0. The van der Waals surface area contributed by atoms with Crippen LogP contribution in [0.4, 0.5) is 5.69 Å². The first-order chi connectivity index (χ1) is 12.2. The molecule has 0 saturated carbocycles. The number of carbonyl (C=O) groups excluding carboxylic acids is 1. The fourth-order valence-corrected chi connectivity index (χ4v) is 3.29. The summed E-state index contributed by atoms with van der Waals surface area (Å²) in [5.74, 6) is 0.0742. The Morgan fingerprint density at radius 3 is 2.46 bits per heavy atom. The van der Waals surface area contributed by atoms with Crippen LogP contribution in [0.15, 0.2) is 59.6 Å². The zero-order chi connectivity index (χ0) is 17.6. The Balaban J connectivity index is 0.00000243. The van der Waals surface area contributed by atoms with E-state index in [2.05, 4.69) is 12.1 Å². The second kappa shape index (κ2) is 9.51. The number of nitrogens with zero attached hydrogens (tertiary/aromatic N) is 2. The molecule has 0 bridgehead atoms. The molecular weight excluding hydrogens is 346 g/mol. The molecule has 3 rings (SSSR count). The molecule has 4 nitrogen and oxygen atoms in total. The average Bonchev–Trinajstić information content (AvgIpc) is 2.73. The number of para-hydroxylation sites is 1. The van der Waals surface area contributed by atoms with Gasteiger partial charge in [0.2, 0.25) is 0 Å². The van der Waals surface area contributed by atoms with E-state index in [1.807, 2.05) is 54.3 Å². The number of fused-ring (bicyclic) bond motifs is 1. The summed E-state index contributed by atoms with van der Waals surface area (Å²) in [7, 11) is 0. The molecule has 0 aliphatic carbocycles. The van der Waals surface area contributed by atoms with Crippen molar-refractivity contribution in [2.45, 2.75) is 32.2 Å². The third-order valence-corrected chi connectivity index (χ3v) is 4.59. The zero-order valence-corrected chi connectivity index (χ0v) is 15.9. The second-order valence-corrected chi connectivity index (χ2v) is 6.42. The molecule has 0 radical (unpaired) electrons. The molecule has 1 atom stereocenters. The van der Waals surface area contributed by atoms with Crippen molar-refractivity contribution >= 4 is 29.7 Å². The van der Waals surface area contributed by atoms with Crippen LogP contribution in [0.3, 0.4) is 0 Å². The van der Waals surface area contributed by atoms with Gasteiger partial charge in [0.1, 0.15) is 6.04 Å². The molecule has 1 unspecified atom stereocenters. The number of amides is 1. The first-order valence-corrected chi connectivity index (χ1v) is 8.90. The number of rotatable bonds is 6. The number of aliphatic imine (C=N–C) groups is 1. The molecule has 2 N–H and O–H groups in total. The minimum Gasteiger partial charge on any atom is -0.330 e. The molecule has 5 heteroatoms. The predicted molar refractivity (Wildman–Crippen MR) is 110 cm³/mol. The van der Waals surface area contributed by atoms with Crippen molar-refractivity contribution < 1.29 is 4.79 Å². The molecule has 0 saturated heterocycles. The van der Waals surface area contributed by atoms with Gasteiger partial charge in [0, 0.05) is 24.2 Å². The molecule has 0 fully saturated rings. The summed E-state index contributed by atoms with van der Waals surface area (Å²) in [6, 6.07) is 17.7. The summed E-state index contributed by atoms with van der Waals surface area (Å²) in [6.45, 7) is 3.32. The Hall–Kier alpha value is -2.17. The zero-order valence-electron chi connectivity index (χ0n) is 15.1. The van der Waals surface area contributed by atoms with Crippen LogP contribution in [0.25, 0.3) is 0 Å². The predicted octanol–water partition coefficient (Wildman–Crippen LogP) is 3.61. The van der Waals surface area contributed by atoms with E-state index in [1.165, 1.54) is 0 Å². The van der Waals surface area contributed by atoms with Crippen LogP contribution in [-0.4, -0.2) is 30.8 Å². The van der Waals surface area contributed by atoms with Crippen LogP contribution in [-0.2, 0) is 11.2 Å².